The van der Waals surface area contributed by atoms with Crippen LogP contribution in [0.15, 0.2) is 29.5 Å². The Bertz CT molecular complexity index is 686. The van der Waals surface area contributed by atoms with Crippen LogP contribution in [0.3, 0.4) is 0 Å². The Hall–Kier alpha value is -2.28. The third-order valence-corrected chi connectivity index (χ3v) is 3.58. The Labute approximate surface area is 122 Å². The third kappa shape index (κ3) is 2.64. The quantitative estimate of drug-likeness (QED) is 0.799. The highest BCUT2D eigenvalue weighted by atomic mass is 16.5. The normalized spacial score (nSPS) is 18.8. The van der Waals surface area contributed by atoms with E-state index in [-0.39, 0.29) is 11.6 Å². The molecule has 0 radical (unpaired) electrons. The molecule has 0 bridgehead atoms. The number of anilines is 1. The molecule has 0 saturated carbocycles. The molecular weight excluding hydrogens is 270 g/mol. The van der Waals surface area contributed by atoms with E-state index < -0.39 is 0 Å². The van der Waals surface area contributed by atoms with Crippen LogP contribution in [0.4, 0.5) is 5.95 Å². The topological polar surface area (TPSA) is 73.1 Å². The summed E-state index contributed by atoms with van der Waals surface area (Å²) < 4.78 is 7.00. The van der Waals surface area contributed by atoms with E-state index >= 15 is 0 Å². The molecule has 0 aliphatic carbocycles. The lowest BCUT2D eigenvalue weighted by atomic mass is 10.2. The van der Waals surface area contributed by atoms with Gasteiger partial charge in [-0.2, -0.15) is 0 Å². The molecule has 0 N–H and O–H groups in total. The third-order valence-electron chi connectivity index (χ3n) is 3.58. The fraction of sp³-hybridized carbons (Fsp3) is 0.429. The first-order valence-corrected chi connectivity index (χ1v) is 6.85. The molecule has 110 valence electrons. The summed E-state index contributed by atoms with van der Waals surface area (Å²) in [5, 5.41) is 0. The van der Waals surface area contributed by atoms with E-state index in [4.69, 9.17) is 4.74 Å². The molecule has 1 atom stereocenters. The van der Waals surface area contributed by atoms with Crippen LogP contribution in [-0.2, 0) is 11.8 Å². The van der Waals surface area contributed by atoms with Gasteiger partial charge in [-0.3, -0.25) is 9.36 Å². The van der Waals surface area contributed by atoms with Crippen molar-refractivity contribution in [2.75, 3.05) is 24.7 Å². The molecule has 1 fully saturated rings. The van der Waals surface area contributed by atoms with Crippen LogP contribution < -0.4 is 10.5 Å². The van der Waals surface area contributed by atoms with Gasteiger partial charge in [0.15, 0.2) is 0 Å². The Morgan fingerprint density at radius 1 is 1.38 bits per heavy atom. The summed E-state index contributed by atoms with van der Waals surface area (Å²) in [5.74, 6) is 0.645. The van der Waals surface area contributed by atoms with Crippen molar-refractivity contribution in [3.05, 3.63) is 35.0 Å². The largest absolute Gasteiger partial charge is 0.377 e. The number of hydrogen-bond acceptors (Lipinski definition) is 6. The van der Waals surface area contributed by atoms with E-state index in [0.717, 1.165) is 0 Å². The summed E-state index contributed by atoms with van der Waals surface area (Å²) >= 11 is 0. The summed E-state index contributed by atoms with van der Waals surface area (Å²) in [6, 6.07) is 3.42. The van der Waals surface area contributed by atoms with Gasteiger partial charge >= 0.3 is 0 Å². The fourth-order valence-electron chi connectivity index (χ4n) is 2.38. The summed E-state index contributed by atoms with van der Waals surface area (Å²) in [6.07, 6.45) is 3.09. The Morgan fingerprint density at radius 3 is 2.95 bits per heavy atom. The van der Waals surface area contributed by atoms with Gasteiger partial charge in [0.05, 0.1) is 30.6 Å². The molecule has 3 heterocycles. The monoisotopic (exact) mass is 287 g/mol. The molecule has 7 nitrogen and oxygen atoms in total. The fourth-order valence-corrected chi connectivity index (χ4v) is 2.38. The van der Waals surface area contributed by atoms with Crippen molar-refractivity contribution in [1.82, 2.24) is 19.5 Å². The molecule has 0 aromatic carbocycles. The molecule has 2 aromatic heterocycles. The minimum absolute atomic E-state index is 0.104. The molecule has 1 unspecified atom stereocenters. The first-order chi connectivity index (χ1) is 10.2. The summed E-state index contributed by atoms with van der Waals surface area (Å²) in [7, 11) is 1.73. The molecule has 1 saturated heterocycles. The van der Waals surface area contributed by atoms with Gasteiger partial charge in [0.2, 0.25) is 5.95 Å². The second-order valence-corrected chi connectivity index (χ2v) is 5.05. The average Bonchev–Trinajstić information content (AvgIpc) is 2.51. The first kappa shape index (κ1) is 13.7. The van der Waals surface area contributed by atoms with E-state index in [1.807, 2.05) is 0 Å². The molecule has 21 heavy (non-hydrogen) atoms. The van der Waals surface area contributed by atoms with E-state index in [0.29, 0.717) is 37.1 Å². The summed E-state index contributed by atoms with van der Waals surface area (Å²) in [5.41, 5.74) is 1.10. The SMILES string of the molecule is CC1COCCN1c1nc(-c2ccncn2)cc(=O)n1C. The van der Waals surface area contributed by atoms with Gasteiger partial charge < -0.3 is 9.64 Å². The highest BCUT2D eigenvalue weighted by molar-refractivity contribution is 5.55. The smallest absolute Gasteiger partial charge is 0.255 e. The van der Waals surface area contributed by atoms with Crippen molar-refractivity contribution in [1.29, 1.82) is 0 Å². The molecule has 0 amide bonds. The molecule has 7 heteroatoms. The minimum atomic E-state index is -0.104. The average molecular weight is 287 g/mol. The van der Waals surface area contributed by atoms with Crippen molar-refractivity contribution in [3.8, 4) is 11.4 Å². The van der Waals surface area contributed by atoms with Crippen LogP contribution in [0.25, 0.3) is 11.4 Å². The van der Waals surface area contributed by atoms with Crippen LogP contribution >= 0.6 is 0 Å². The summed E-state index contributed by atoms with van der Waals surface area (Å²) in [6.45, 7) is 4.04. The van der Waals surface area contributed by atoms with Crippen LogP contribution in [0.5, 0.6) is 0 Å². The van der Waals surface area contributed by atoms with Crippen LogP contribution in [0, 0.1) is 0 Å². The molecular formula is C14H17N5O2. The zero-order chi connectivity index (χ0) is 14.8. The van der Waals surface area contributed by atoms with Crippen LogP contribution in [0.1, 0.15) is 6.92 Å². The second-order valence-electron chi connectivity index (χ2n) is 5.05. The predicted octanol–water partition coefficient (Wildman–Crippen LogP) is 0.462. The molecule has 1 aliphatic rings. The van der Waals surface area contributed by atoms with E-state index in [1.165, 1.54) is 12.4 Å². The van der Waals surface area contributed by atoms with Crippen molar-refractivity contribution in [2.45, 2.75) is 13.0 Å². The van der Waals surface area contributed by atoms with E-state index in [1.54, 1.807) is 23.9 Å². The van der Waals surface area contributed by atoms with E-state index in [2.05, 4.69) is 26.8 Å². The number of morpholine rings is 1. The predicted molar refractivity (Wildman–Crippen MR) is 78.1 cm³/mol. The van der Waals surface area contributed by atoms with Gasteiger partial charge in [0.1, 0.15) is 6.33 Å². The number of nitrogens with zero attached hydrogens (tertiary/aromatic N) is 5. The Balaban J connectivity index is 2.08. The standard InChI is InChI=1S/C14H17N5O2/c1-10-8-21-6-5-19(10)14-17-12(7-13(20)18(14)2)11-3-4-15-9-16-11/h3-4,7,9-10H,5-6,8H2,1-2H3. The van der Waals surface area contributed by atoms with Crippen molar-refractivity contribution in [3.63, 3.8) is 0 Å². The van der Waals surface area contributed by atoms with Crippen LogP contribution in [0.2, 0.25) is 0 Å². The lowest BCUT2D eigenvalue weighted by Crippen LogP contribution is -2.46. The van der Waals surface area contributed by atoms with Crippen molar-refractivity contribution >= 4 is 5.95 Å². The maximum atomic E-state index is 12.2. The van der Waals surface area contributed by atoms with Gasteiger partial charge in [-0.15, -0.1) is 0 Å². The maximum Gasteiger partial charge on any atom is 0.255 e. The number of aromatic nitrogens is 4. The van der Waals surface area contributed by atoms with Gasteiger partial charge in [-0.1, -0.05) is 0 Å². The lowest BCUT2D eigenvalue weighted by molar-refractivity contribution is 0.0976. The molecule has 0 spiro atoms. The lowest BCUT2D eigenvalue weighted by Gasteiger charge is -2.34. The Morgan fingerprint density at radius 2 is 2.24 bits per heavy atom. The number of rotatable bonds is 2. The molecule has 1 aliphatic heterocycles. The maximum absolute atomic E-state index is 12.2. The van der Waals surface area contributed by atoms with Gasteiger partial charge in [-0.25, -0.2) is 15.0 Å². The second kappa shape index (κ2) is 5.61. The zero-order valence-electron chi connectivity index (χ0n) is 12.1. The zero-order valence-corrected chi connectivity index (χ0v) is 12.1. The van der Waals surface area contributed by atoms with Gasteiger partial charge in [-0.05, 0) is 13.0 Å². The first-order valence-electron chi connectivity index (χ1n) is 6.85. The van der Waals surface area contributed by atoms with Crippen LogP contribution in [-0.4, -0.2) is 45.3 Å². The Kier molecular flexibility index (Phi) is 3.66. The number of ether oxygens (including phenoxy) is 1. The van der Waals surface area contributed by atoms with Crippen molar-refractivity contribution < 1.29 is 4.74 Å². The molecule has 3 rings (SSSR count). The number of hydrogen-bond donors (Lipinski definition) is 0. The highest BCUT2D eigenvalue weighted by Crippen LogP contribution is 2.19. The van der Waals surface area contributed by atoms with Gasteiger partial charge in [0.25, 0.3) is 5.56 Å². The minimum Gasteiger partial charge on any atom is -0.377 e. The highest BCUT2D eigenvalue weighted by Gasteiger charge is 2.23. The van der Waals surface area contributed by atoms with Gasteiger partial charge in [0, 0.05) is 25.9 Å². The van der Waals surface area contributed by atoms with Crippen molar-refractivity contribution in [2.24, 2.45) is 7.05 Å². The van der Waals surface area contributed by atoms with E-state index in [9.17, 15) is 4.79 Å². The molecule has 2 aromatic rings. The summed E-state index contributed by atoms with van der Waals surface area (Å²) in [4.78, 5) is 27.0.